The first-order valence-corrected chi connectivity index (χ1v) is 4.47. The van der Waals surface area contributed by atoms with E-state index in [0.29, 0.717) is 0 Å². The third kappa shape index (κ3) is 2.04. The molecule has 1 atom stereocenters. The number of hydrogen-bond donors (Lipinski definition) is 3. The van der Waals surface area contributed by atoms with Gasteiger partial charge in [0.15, 0.2) is 0 Å². The molecule has 1 aromatic carbocycles. The molecular formula is C10H17N3O. The molecule has 5 N–H and O–H groups in total. The van der Waals surface area contributed by atoms with Gasteiger partial charge in [0, 0.05) is 0 Å². The maximum absolute atomic E-state index is 5.78. The second-order valence-corrected chi connectivity index (χ2v) is 3.32. The smallest absolute Gasteiger partial charge is 0.122 e. The van der Waals surface area contributed by atoms with E-state index in [0.717, 1.165) is 22.4 Å². The summed E-state index contributed by atoms with van der Waals surface area (Å²) < 4.78 is 5.20. The molecule has 0 amide bonds. The molecule has 0 aromatic heterocycles. The molecule has 0 aliphatic heterocycles. The zero-order valence-corrected chi connectivity index (χ0v) is 8.79. The lowest BCUT2D eigenvalue weighted by atomic mass is 10.0. The summed E-state index contributed by atoms with van der Waals surface area (Å²) in [7, 11) is 1.66. The van der Waals surface area contributed by atoms with E-state index in [9.17, 15) is 0 Å². The third-order valence-electron chi connectivity index (χ3n) is 2.30. The van der Waals surface area contributed by atoms with Crippen molar-refractivity contribution in [2.75, 3.05) is 7.11 Å². The second kappa shape index (κ2) is 4.41. The number of benzene rings is 1. The van der Waals surface area contributed by atoms with Crippen LogP contribution in [0.1, 0.15) is 22.9 Å². The van der Waals surface area contributed by atoms with Crippen LogP contribution >= 0.6 is 0 Å². The maximum atomic E-state index is 5.78. The minimum atomic E-state index is -0.334. The summed E-state index contributed by atoms with van der Waals surface area (Å²) in [5.41, 5.74) is 11.4. The van der Waals surface area contributed by atoms with Crippen molar-refractivity contribution in [1.29, 1.82) is 0 Å². The van der Waals surface area contributed by atoms with E-state index in [-0.39, 0.29) is 6.17 Å². The lowest BCUT2D eigenvalue weighted by molar-refractivity contribution is 0.410. The highest BCUT2D eigenvalue weighted by Gasteiger charge is 2.09. The Morgan fingerprint density at radius 3 is 2.43 bits per heavy atom. The summed E-state index contributed by atoms with van der Waals surface area (Å²) in [6.45, 7) is 3.96. The third-order valence-corrected chi connectivity index (χ3v) is 2.30. The Bertz CT molecular complexity index is 325. The molecule has 4 heteroatoms. The van der Waals surface area contributed by atoms with Crippen LogP contribution in [0.25, 0.3) is 0 Å². The molecule has 0 radical (unpaired) electrons. The number of methoxy groups -OCH3 is 1. The fraction of sp³-hybridized carbons (Fsp3) is 0.400. The molecular weight excluding hydrogens is 178 g/mol. The van der Waals surface area contributed by atoms with E-state index in [4.69, 9.17) is 16.3 Å². The SMILES string of the molecule is COc1cc(C)c(C(N)NN)cc1C. The average Bonchev–Trinajstić information content (AvgIpc) is 2.19. The Morgan fingerprint density at radius 1 is 1.29 bits per heavy atom. The second-order valence-electron chi connectivity index (χ2n) is 3.32. The molecule has 4 nitrogen and oxygen atoms in total. The van der Waals surface area contributed by atoms with Crippen LogP contribution in [-0.2, 0) is 0 Å². The first kappa shape index (κ1) is 11.0. The summed E-state index contributed by atoms with van der Waals surface area (Å²) in [6, 6.07) is 3.94. The molecule has 14 heavy (non-hydrogen) atoms. The van der Waals surface area contributed by atoms with Crippen molar-refractivity contribution in [3.63, 3.8) is 0 Å². The molecule has 0 saturated carbocycles. The van der Waals surface area contributed by atoms with E-state index in [1.807, 2.05) is 26.0 Å². The zero-order valence-electron chi connectivity index (χ0n) is 8.79. The van der Waals surface area contributed by atoms with Crippen molar-refractivity contribution in [1.82, 2.24) is 5.43 Å². The first-order valence-electron chi connectivity index (χ1n) is 4.47. The van der Waals surface area contributed by atoms with Crippen LogP contribution in [0.15, 0.2) is 12.1 Å². The number of nitrogens with one attached hydrogen (secondary N) is 1. The lowest BCUT2D eigenvalue weighted by Crippen LogP contribution is -2.34. The molecule has 0 aliphatic rings. The predicted molar refractivity (Wildman–Crippen MR) is 56.7 cm³/mol. The standard InChI is InChI=1S/C10H17N3O/c1-6-5-9(14-3)7(2)4-8(6)10(11)13-12/h4-5,10,13H,11-12H2,1-3H3. The average molecular weight is 195 g/mol. The van der Waals surface area contributed by atoms with Gasteiger partial charge >= 0.3 is 0 Å². The summed E-state index contributed by atoms with van der Waals surface area (Å²) in [6.07, 6.45) is -0.334. The molecule has 0 aliphatic carbocycles. The maximum Gasteiger partial charge on any atom is 0.122 e. The number of ether oxygens (including phenoxy) is 1. The van der Waals surface area contributed by atoms with E-state index in [2.05, 4.69) is 5.43 Å². The van der Waals surface area contributed by atoms with E-state index in [1.54, 1.807) is 7.11 Å². The quantitative estimate of drug-likeness (QED) is 0.378. The highest BCUT2D eigenvalue weighted by atomic mass is 16.5. The van der Waals surface area contributed by atoms with Crippen molar-refractivity contribution in [2.24, 2.45) is 11.6 Å². The van der Waals surface area contributed by atoms with E-state index in [1.165, 1.54) is 0 Å². The Kier molecular flexibility index (Phi) is 3.46. The molecule has 78 valence electrons. The van der Waals surface area contributed by atoms with Crippen LogP contribution in [0.2, 0.25) is 0 Å². The molecule has 1 aromatic rings. The highest BCUT2D eigenvalue weighted by molar-refractivity contribution is 5.42. The molecule has 0 bridgehead atoms. The normalized spacial score (nSPS) is 12.6. The minimum absolute atomic E-state index is 0.334. The summed E-state index contributed by atoms with van der Waals surface area (Å²) in [5, 5.41) is 0. The zero-order chi connectivity index (χ0) is 10.7. The van der Waals surface area contributed by atoms with Crippen LogP contribution in [0.3, 0.4) is 0 Å². The molecule has 0 saturated heterocycles. The number of hydrogen-bond acceptors (Lipinski definition) is 4. The van der Waals surface area contributed by atoms with E-state index >= 15 is 0 Å². The monoisotopic (exact) mass is 195 g/mol. The summed E-state index contributed by atoms with van der Waals surface area (Å²) in [4.78, 5) is 0. The van der Waals surface area contributed by atoms with Gasteiger partial charge in [0.2, 0.25) is 0 Å². The molecule has 0 spiro atoms. The Balaban J connectivity index is 3.14. The minimum Gasteiger partial charge on any atom is -0.496 e. The number of nitrogens with two attached hydrogens (primary N) is 2. The highest BCUT2D eigenvalue weighted by Crippen LogP contribution is 2.24. The van der Waals surface area contributed by atoms with Gasteiger partial charge in [-0.25, -0.2) is 5.43 Å². The van der Waals surface area contributed by atoms with Gasteiger partial charge in [-0.3, -0.25) is 5.84 Å². The van der Waals surface area contributed by atoms with Crippen molar-refractivity contribution in [2.45, 2.75) is 20.0 Å². The largest absolute Gasteiger partial charge is 0.496 e. The van der Waals surface area contributed by atoms with Crippen molar-refractivity contribution >= 4 is 0 Å². The van der Waals surface area contributed by atoms with Gasteiger partial charge in [0.05, 0.1) is 13.3 Å². The van der Waals surface area contributed by atoms with Crippen molar-refractivity contribution < 1.29 is 4.74 Å². The molecule has 0 heterocycles. The summed E-state index contributed by atoms with van der Waals surface area (Å²) >= 11 is 0. The van der Waals surface area contributed by atoms with Crippen molar-refractivity contribution in [3.05, 3.63) is 28.8 Å². The van der Waals surface area contributed by atoms with Gasteiger partial charge in [0.1, 0.15) is 5.75 Å². The fourth-order valence-electron chi connectivity index (χ4n) is 1.46. The van der Waals surface area contributed by atoms with Gasteiger partial charge in [-0.15, -0.1) is 0 Å². The Morgan fingerprint density at radius 2 is 1.93 bits per heavy atom. The van der Waals surface area contributed by atoms with Crippen molar-refractivity contribution in [3.8, 4) is 5.75 Å². The van der Waals surface area contributed by atoms with E-state index < -0.39 is 0 Å². The molecule has 0 fully saturated rings. The predicted octanol–water partition coefficient (Wildman–Crippen LogP) is 0.733. The lowest BCUT2D eigenvalue weighted by Gasteiger charge is -2.16. The number of aryl methyl sites for hydroxylation is 2. The van der Waals surface area contributed by atoms with Gasteiger partial charge in [0.25, 0.3) is 0 Å². The van der Waals surface area contributed by atoms with Crippen LogP contribution in [0.4, 0.5) is 0 Å². The van der Waals surface area contributed by atoms with Crippen LogP contribution < -0.4 is 21.7 Å². The number of hydrazine groups is 1. The van der Waals surface area contributed by atoms with Crippen LogP contribution in [0, 0.1) is 13.8 Å². The van der Waals surface area contributed by atoms with Gasteiger partial charge in [-0.2, -0.15) is 0 Å². The summed E-state index contributed by atoms with van der Waals surface area (Å²) in [5.74, 6) is 6.16. The van der Waals surface area contributed by atoms with Crippen LogP contribution in [-0.4, -0.2) is 7.11 Å². The van der Waals surface area contributed by atoms with Crippen LogP contribution in [0.5, 0.6) is 5.75 Å². The number of rotatable bonds is 3. The molecule has 1 unspecified atom stereocenters. The molecule has 1 rings (SSSR count). The first-order chi connectivity index (χ1) is 6.60. The van der Waals surface area contributed by atoms with Gasteiger partial charge in [-0.05, 0) is 42.7 Å². The Hall–Kier alpha value is -1.10. The van der Waals surface area contributed by atoms with Gasteiger partial charge < -0.3 is 10.5 Å². The Labute approximate surface area is 84.2 Å². The van der Waals surface area contributed by atoms with Gasteiger partial charge in [-0.1, -0.05) is 0 Å². The topological polar surface area (TPSA) is 73.3 Å². The fourth-order valence-corrected chi connectivity index (χ4v) is 1.46.